The first-order valence-electron chi connectivity index (χ1n) is 5.55. The van der Waals surface area contributed by atoms with Crippen molar-refractivity contribution in [3.05, 3.63) is 65.2 Å². The molecule has 1 atom stereocenters. The van der Waals surface area contributed by atoms with Crippen molar-refractivity contribution in [2.24, 2.45) is 0 Å². The van der Waals surface area contributed by atoms with Crippen LogP contribution in [0.2, 0.25) is 0 Å². The molecule has 2 heteroatoms. The molecule has 0 fully saturated rings. The Hall–Kier alpha value is -1.28. The van der Waals surface area contributed by atoms with Crippen molar-refractivity contribution in [1.82, 2.24) is 0 Å². The van der Waals surface area contributed by atoms with Crippen molar-refractivity contribution in [3.8, 4) is 5.75 Å². The Kier molecular flexibility index (Phi) is 3.85. The normalized spacial score (nSPS) is 12.2. The Morgan fingerprint density at radius 1 is 0.882 bits per heavy atom. The number of alkyl halides is 1. The molecule has 1 nitrogen and oxygen atoms in total. The Morgan fingerprint density at radius 3 is 1.82 bits per heavy atom. The third-order valence-corrected chi connectivity index (χ3v) is 3.84. The monoisotopic (exact) mass is 290 g/mol. The van der Waals surface area contributed by atoms with Crippen LogP contribution in [0.3, 0.4) is 0 Å². The third-order valence-electron chi connectivity index (χ3n) is 2.78. The number of benzene rings is 2. The zero-order chi connectivity index (χ0) is 12.3. The fourth-order valence-electron chi connectivity index (χ4n) is 1.70. The molecule has 0 N–H and O–H groups in total. The van der Waals surface area contributed by atoms with Crippen LogP contribution in [0.25, 0.3) is 0 Å². The fourth-order valence-corrected chi connectivity index (χ4v) is 2.31. The first-order chi connectivity index (χ1) is 8.20. The van der Waals surface area contributed by atoms with E-state index in [2.05, 4.69) is 59.3 Å². The maximum atomic E-state index is 5.16. The van der Waals surface area contributed by atoms with Gasteiger partial charge in [0.15, 0.2) is 0 Å². The lowest BCUT2D eigenvalue weighted by Crippen LogP contribution is -1.93. The minimum absolute atomic E-state index is 0.231. The number of rotatable bonds is 3. The smallest absolute Gasteiger partial charge is 0.118 e. The summed E-state index contributed by atoms with van der Waals surface area (Å²) in [6, 6.07) is 16.7. The van der Waals surface area contributed by atoms with E-state index in [1.807, 2.05) is 12.1 Å². The molecule has 0 aliphatic heterocycles. The van der Waals surface area contributed by atoms with E-state index in [0.717, 1.165) is 5.75 Å². The molecule has 0 aliphatic rings. The molecule has 88 valence electrons. The zero-order valence-electron chi connectivity index (χ0n) is 9.98. The lowest BCUT2D eigenvalue weighted by Gasteiger charge is -2.11. The van der Waals surface area contributed by atoms with Crippen LogP contribution in [0.5, 0.6) is 5.75 Å². The van der Waals surface area contributed by atoms with Crippen molar-refractivity contribution in [2.75, 3.05) is 7.11 Å². The summed E-state index contributed by atoms with van der Waals surface area (Å²) in [7, 11) is 1.68. The van der Waals surface area contributed by atoms with Crippen LogP contribution >= 0.6 is 15.9 Å². The quantitative estimate of drug-likeness (QED) is 0.757. The highest BCUT2D eigenvalue weighted by Gasteiger charge is 2.09. The summed E-state index contributed by atoms with van der Waals surface area (Å²) >= 11 is 3.72. The third kappa shape index (κ3) is 2.89. The first kappa shape index (κ1) is 12.2. The summed E-state index contributed by atoms with van der Waals surface area (Å²) in [5.41, 5.74) is 3.78. The molecule has 1 unspecified atom stereocenters. The summed E-state index contributed by atoms with van der Waals surface area (Å²) in [6.45, 7) is 2.10. The summed E-state index contributed by atoms with van der Waals surface area (Å²) in [4.78, 5) is 0.231. The van der Waals surface area contributed by atoms with Crippen molar-refractivity contribution in [3.63, 3.8) is 0 Å². The van der Waals surface area contributed by atoms with Crippen LogP contribution < -0.4 is 4.74 Å². The van der Waals surface area contributed by atoms with Gasteiger partial charge in [0.1, 0.15) is 5.75 Å². The lowest BCUT2D eigenvalue weighted by atomic mass is 10.0. The van der Waals surface area contributed by atoms with Gasteiger partial charge in [-0.05, 0) is 30.2 Å². The average Bonchev–Trinajstić information content (AvgIpc) is 2.39. The largest absolute Gasteiger partial charge is 0.497 e. The van der Waals surface area contributed by atoms with E-state index in [4.69, 9.17) is 4.74 Å². The van der Waals surface area contributed by atoms with E-state index < -0.39 is 0 Å². The van der Waals surface area contributed by atoms with Gasteiger partial charge in [0.2, 0.25) is 0 Å². The number of halogens is 1. The van der Waals surface area contributed by atoms with E-state index in [0.29, 0.717) is 0 Å². The van der Waals surface area contributed by atoms with Crippen LogP contribution in [-0.4, -0.2) is 7.11 Å². The highest BCUT2D eigenvalue weighted by molar-refractivity contribution is 9.09. The van der Waals surface area contributed by atoms with Gasteiger partial charge in [-0.25, -0.2) is 0 Å². The topological polar surface area (TPSA) is 9.23 Å². The highest BCUT2D eigenvalue weighted by Crippen LogP contribution is 2.31. The molecular formula is C15H15BrO. The maximum absolute atomic E-state index is 5.16. The van der Waals surface area contributed by atoms with Crippen molar-refractivity contribution >= 4 is 15.9 Å². The van der Waals surface area contributed by atoms with E-state index in [1.165, 1.54) is 16.7 Å². The second-order valence-electron chi connectivity index (χ2n) is 4.05. The lowest BCUT2D eigenvalue weighted by molar-refractivity contribution is 0.414. The molecule has 17 heavy (non-hydrogen) atoms. The van der Waals surface area contributed by atoms with Crippen LogP contribution in [0.4, 0.5) is 0 Å². The molecule has 0 aliphatic carbocycles. The van der Waals surface area contributed by atoms with Gasteiger partial charge in [0.05, 0.1) is 11.9 Å². The highest BCUT2D eigenvalue weighted by atomic mass is 79.9. The summed E-state index contributed by atoms with van der Waals surface area (Å²) in [5, 5.41) is 0. The maximum Gasteiger partial charge on any atom is 0.118 e. The number of aryl methyl sites for hydroxylation is 1. The van der Waals surface area contributed by atoms with Gasteiger partial charge < -0.3 is 4.74 Å². The molecule has 0 aromatic heterocycles. The van der Waals surface area contributed by atoms with E-state index in [-0.39, 0.29) is 4.83 Å². The molecule has 2 aromatic rings. The van der Waals surface area contributed by atoms with Crippen LogP contribution in [-0.2, 0) is 0 Å². The van der Waals surface area contributed by atoms with E-state index in [9.17, 15) is 0 Å². The second-order valence-corrected chi connectivity index (χ2v) is 4.96. The molecule has 0 bridgehead atoms. The van der Waals surface area contributed by atoms with E-state index in [1.54, 1.807) is 7.11 Å². The molecule has 0 spiro atoms. The summed E-state index contributed by atoms with van der Waals surface area (Å²) in [5.74, 6) is 0.886. The first-order valence-corrected chi connectivity index (χ1v) is 6.47. The van der Waals surface area contributed by atoms with Crippen molar-refractivity contribution in [1.29, 1.82) is 0 Å². The molecule has 0 saturated heterocycles. The fraction of sp³-hybridized carbons (Fsp3) is 0.200. The van der Waals surface area contributed by atoms with E-state index >= 15 is 0 Å². The molecule has 0 heterocycles. The van der Waals surface area contributed by atoms with Crippen LogP contribution in [0.15, 0.2) is 48.5 Å². The van der Waals surface area contributed by atoms with Gasteiger partial charge in [-0.1, -0.05) is 57.9 Å². The summed E-state index contributed by atoms with van der Waals surface area (Å²) in [6.07, 6.45) is 0. The predicted molar refractivity (Wildman–Crippen MR) is 74.9 cm³/mol. The second kappa shape index (κ2) is 5.37. The number of ether oxygens (including phenoxy) is 1. The van der Waals surface area contributed by atoms with Gasteiger partial charge in [0.25, 0.3) is 0 Å². The van der Waals surface area contributed by atoms with Gasteiger partial charge in [0, 0.05) is 0 Å². The SMILES string of the molecule is COc1ccc(C(Br)c2ccc(C)cc2)cc1. The van der Waals surface area contributed by atoms with Crippen LogP contribution in [0, 0.1) is 6.92 Å². The van der Waals surface area contributed by atoms with Gasteiger partial charge in [-0.15, -0.1) is 0 Å². The average molecular weight is 291 g/mol. The Balaban J connectivity index is 2.23. The molecule has 0 amide bonds. The number of hydrogen-bond acceptors (Lipinski definition) is 1. The predicted octanol–water partition coefficient (Wildman–Crippen LogP) is 4.49. The molecule has 0 radical (unpaired) electrons. The van der Waals surface area contributed by atoms with Gasteiger partial charge in [-0.3, -0.25) is 0 Å². The Bertz CT molecular complexity index is 473. The Labute approximate surface area is 111 Å². The minimum Gasteiger partial charge on any atom is -0.497 e. The van der Waals surface area contributed by atoms with Crippen LogP contribution in [0.1, 0.15) is 21.5 Å². The van der Waals surface area contributed by atoms with Gasteiger partial charge in [-0.2, -0.15) is 0 Å². The molecule has 0 saturated carbocycles. The molecule has 2 rings (SSSR count). The number of methoxy groups -OCH3 is 1. The molecular weight excluding hydrogens is 276 g/mol. The minimum atomic E-state index is 0.231. The van der Waals surface area contributed by atoms with Crippen molar-refractivity contribution < 1.29 is 4.74 Å². The van der Waals surface area contributed by atoms with Gasteiger partial charge >= 0.3 is 0 Å². The standard InChI is InChI=1S/C15H15BrO/c1-11-3-5-12(6-4-11)15(16)13-7-9-14(17-2)10-8-13/h3-10,15H,1-2H3. The zero-order valence-corrected chi connectivity index (χ0v) is 11.6. The molecule has 2 aromatic carbocycles. The van der Waals surface area contributed by atoms with Crippen molar-refractivity contribution in [2.45, 2.75) is 11.8 Å². The summed E-state index contributed by atoms with van der Waals surface area (Å²) < 4.78 is 5.16. The Morgan fingerprint density at radius 2 is 1.35 bits per heavy atom. The number of hydrogen-bond donors (Lipinski definition) is 0.